The van der Waals surface area contributed by atoms with Crippen LogP contribution in [0.1, 0.15) is 17.5 Å². The van der Waals surface area contributed by atoms with E-state index in [9.17, 15) is 0 Å². The van der Waals surface area contributed by atoms with E-state index >= 15 is 0 Å². The molecule has 2 N–H and O–H groups in total. The molecule has 0 saturated carbocycles. The van der Waals surface area contributed by atoms with E-state index in [1.54, 1.807) is 13.3 Å². The van der Waals surface area contributed by atoms with E-state index < -0.39 is 0 Å². The molecule has 0 saturated heterocycles. The summed E-state index contributed by atoms with van der Waals surface area (Å²) in [5.74, 6) is 0.684. The van der Waals surface area contributed by atoms with Crippen LogP contribution in [0.2, 0.25) is 0 Å². The monoisotopic (exact) mass is 285 g/mol. The lowest BCUT2D eigenvalue weighted by Gasteiger charge is -2.27. The molecule has 4 heteroatoms. The molecule has 4 nitrogen and oxygen atoms in total. The summed E-state index contributed by atoms with van der Waals surface area (Å²) in [5.41, 5.74) is 9.26. The molecule has 1 aromatic carbocycles. The van der Waals surface area contributed by atoms with Gasteiger partial charge in [-0.1, -0.05) is 24.3 Å². The van der Waals surface area contributed by atoms with E-state index in [-0.39, 0.29) is 0 Å². The van der Waals surface area contributed by atoms with Crippen LogP contribution >= 0.6 is 0 Å². The van der Waals surface area contributed by atoms with Gasteiger partial charge >= 0.3 is 0 Å². The number of benzene rings is 1. The van der Waals surface area contributed by atoms with E-state index in [1.807, 2.05) is 6.07 Å². The van der Waals surface area contributed by atoms with Gasteiger partial charge in [0.1, 0.15) is 0 Å². The van der Waals surface area contributed by atoms with Gasteiger partial charge in [0.05, 0.1) is 7.11 Å². The third kappa shape index (κ3) is 3.95. The molecule has 112 valence electrons. The summed E-state index contributed by atoms with van der Waals surface area (Å²) in [4.78, 5) is 6.61. The van der Waals surface area contributed by atoms with Gasteiger partial charge in [0.2, 0.25) is 5.88 Å². The highest BCUT2D eigenvalue weighted by atomic mass is 16.5. The number of aromatic nitrogens is 1. The van der Waals surface area contributed by atoms with Crippen LogP contribution in [0.15, 0.2) is 42.6 Å². The summed E-state index contributed by atoms with van der Waals surface area (Å²) < 4.78 is 5.35. The summed E-state index contributed by atoms with van der Waals surface area (Å²) in [7, 11) is 1.66. The third-order valence-corrected chi connectivity index (χ3v) is 3.49. The Kier molecular flexibility index (Phi) is 5.58. The Hall–Kier alpha value is -2.07. The van der Waals surface area contributed by atoms with Crippen LogP contribution in [0.25, 0.3) is 0 Å². The van der Waals surface area contributed by atoms with Crippen molar-refractivity contribution < 1.29 is 4.74 Å². The lowest BCUT2D eigenvalue weighted by Crippen LogP contribution is -2.26. The molecule has 1 aromatic heterocycles. The quantitative estimate of drug-likeness (QED) is 0.850. The number of pyridine rings is 1. The summed E-state index contributed by atoms with van der Waals surface area (Å²) in [6.07, 6.45) is 2.71. The van der Waals surface area contributed by atoms with Crippen LogP contribution in [0.5, 0.6) is 5.88 Å². The van der Waals surface area contributed by atoms with Gasteiger partial charge in [-0.15, -0.1) is 0 Å². The Bertz CT molecular complexity index is 571. The highest BCUT2D eigenvalue weighted by Crippen LogP contribution is 2.24. The fourth-order valence-corrected chi connectivity index (χ4v) is 2.42. The van der Waals surface area contributed by atoms with Crippen LogP contribution < -0.4 is 15.4 Å². The number of methoxy groups -OCH3 is 1. The smallest absolute Gasteiger partial charge is 0.218 e. The largest absolute Gasteiger partial charge is 0.481 e. The number of ether oxygens (including phenoxy) is 1. The van der Waals surface area contributed by atoms with E-state index in [4.69, 9.17) is 10.5 Å². The first-order valence-electron chi connectivity index (χ1n) is 7.24. The summed E-state index contributed by atoms with van der Waals surface area (Å²) in [6, 6.07) is 12.4. The molecule has 21 heavy (non-hydrogen) atoms. The van der Waals surface area contributed by atoms with Crippen LogP contribution in [0, 0.1) is 6.92 Å². The van der Waals surface area contributed by atoms with E-state index in [0.717, 1.165) is 25.1 Å². The van der Waals surface area contributed by atoms with Crippen molar-refractivity contribution in [3.05, 3.63) is 53.7 Å². The molecular weight excluding hydrogens is 262 g/mol. The number of hydrogen-bond acceptors (Lipinski definition) is 4. The maximum Gasteiger partial charge on any atom is 0.218 e. The van der Waals surface area contributed by atoms with Crippen LogP contribution in [0.3, 0.4) is 0 Å². The standard InChI is InChI=1S/C17H23N3O/c1-14-7-3-4-9-16(14)20(12-6-10-18)13-15-8-5-11-19-17(15)21-2/h3-5,7-9,11H,6,10,12-13,18H2,1-2H3. The molecule has 0 aliphatic carbocycles. The predicted molar refractivity (Wildman–Crippen MR) is 86.7 cm³/mol. The minimum Gasteiger partial charge on any atom is -0.481 e. The number of rotatable bonds is 7. The molecule has 0 aliphatic heterocycles. The Morgan fingerprint density at radius 2 is 2.00 bits per heavy atom. The minimum absolute atomic E-state index is 0.684. The zero-order chi connectivity index (χ0) is 15.1. The number of nitrogens with two attached hydrogens (primary N) is 1. The summed E-state index contributed by atoms with van der Waals surface area (Å²) >= 11 is 0. The molecule has 0 spiro atoms. The second-order valence-corrected chi connectivity index (χ2v) is 5.02. The maximum absolute atomic E-state index is 5.68. The lowest BCUT2D eigenvalue weighted by molar-refractivity contribution is 0.392. The van der Waals surface area contributed by atoms with Crippen molar-refractivity contribution in [1.29, 1.82) is 0 Å². The van der Waals surface area contributed by atoms with Gasteiger partial charge in [0, 0.05) is 30.5 Å². The molecule has 0 unspecified atom stereocenters. The SMILES string of the molecule is COc1ncccc1CN(CCCN)c1ccccc1C. The Morgan fingerprint density at radius 1 is 1.19 bits per heavy atom. The number of aryl methyl sites for hydroxylation is 1. The van der Waals surface area contributed by atoms with Crippen molar-refractivity contribution in [3.8, 4) is 5.88 Å². The van der Waals surface area contributed by atoms with Crippen LogP contribution in [-0.2, 0) is 6.54 Å². The van der Waals surface area contributed by atoms with Crippen molar-refractivity contribution in [1.82, 2.24) is 4.98 Å². The summed E-state index contributed by atoms with van der Waals surface area (Å²) in [6.45, 7) is 4.50. The van der Waals surface area contributed by atoms with E-state index in [0.29, 0.717) is 12.4 Å². The molecule has 0 fully saturated rings. The number of nitrogens with zero attached hydrogens (tertiary/aromatic N) is 2. The molecule has 0 amide bonds. The van der Waals surface area contributed by atoms with Crippen molar-refractivity contribution in [2.75, 3.05) is 25.1 Å². The van der Waals surface area contributed by atoms with Gasteiger partial charge in [0.25, 0.3) is 0 Å². The molecule has 2 rings (SSSR count). The zero-order valence-corrected chi connectivity index (χ0v) is 12.7. The Labute approximate surface area is 126 Å². The lowest BCUT2D eigenvalue weighted by atomic mass is 10.1. The van der Waals surface area contributed by atoms with E-state index in [1.165, 1.54) is 11.3 Å². The third-order valence-electron chi connectivity index (χ3n) is 3.49. The molecule has 0 atom stereocenters. The average Bonchev–Trinajstić information content (AvgIpc) is 2.52. The molecule has 0 aliphatic rings. The fourth-order valence-electron chi connectivity index (χ4n) is 2.42. The van der Waals surface area contributed by atoms with Crippen LogP contribution in [-0.4, -0.2) is 25.2 Å². The summed E-state index contributed by atoms with van der Waals surface area (Å²) in [5, 5.41) is 0. The second-order valence-electron chi connectivity index (χ2n) is 5.02. The molecule has 2 aromatic rings. The van der Waals surface area contributed by atoms with Crippen molar-refractivity contribution in [2.45, 2.75) is 19.9 Å². The van der Waals surface area contributed by atoms with Crippen molar-refractivity contribution in [3.63, 3.8) is 0 Å². The first kappa shape index (κ1) is 15.3. The minimum atomic E-state index is 0.684. The molecule has 0 radical (unpaired) electrons. The average molecular weight is 285 g/mol. The van der Waals surface area contributed by atoms with Gasteiger partial charge in [-0.2, -0.15) is 0 Å². The number of anilines is 1. The van der Waals surface area contributed by atoms with Crippen molar-refractivity contribution in [2.24, 2.45) is 5.73 Å². The molecule has 1 heterocycles. The predicted octanol–water partition coefficient (Wildman–Crippen LogP) is 2.75. The van der Waals surface area contributed by atoms with Gasteiger partial charge in [-0.3, -0.25) is 0 Å². The van der Waals surface area contributed by atoms with E-state index in [2.05, 4.69) is 47.1 Å². The first-order chi connectivity index (χ1) is 10.3. The normalized spacial score (nSPS) is 10.4. The number of hydrogen-bond donors (Lipinski definition) is 1. The van der Waals surface area contributed by atoms with Gasteiger partial charge in [0.15, 0.2) is 0 Å². The van der Waals surface area contributed by atoms with Crippen LogP contribution in [0.4, 0.5) is 5.69 Å². The number of para-hydroxylation sites is 1. The fraction of sp³-hybridized carbons (Fsp3) is 0.353. The van der Waals surface area contributed by atoms with Crippen molar-refractivity contribution >= 4 is 5.69 Å². The Balaban J connectivity index is 2.26. The molecular formula is C17H23N3O. The highest BCUT2D eigenvalue weighted by Gasteiger charge is 2.12. The first-order valence-corrected chi connectivity index (χ1v) is 7.24. The Morgan fingerprint density at radius 3 is 2.71 bits per heavy atom. The topological polar surface area (TPSA) is 51.4 Å². The second kappa shape index (κ2) is 7.64. The highest BCUT2D eigenvalue weighted by molar-refractivity contribution is 5.53. The van der Waals surface area contributed by atoms with Gasteiger partial charge < -0.3 is 15.4 Å². The maximum atomic E-state index is 5.68. The van der Waals surface area contributed by atoms with Gasteiger partial charge in [-0.25, -0.2) is 4.98 Å². The zero-order valence-electron chi connectivity index (χ0n) is 12.7. The van der Waals surface area contributed by atoms with Gasteiger partial charge in [-0.05, 0) is 37.6 Å². The molecule has 0 bridgehead atoms.